The van der Waals surface area contributed by atoms with E-state index in [1.807, 2.05) is 0 Å². The zero-order valence-corrected chi connectivity index (χ0v) is 9.79. The summed E-state index contributed by atoms with van der Waals surface area (Å²) in [5.74, 6) is 0.717. The Hall–Kier alpha value is -0.0800. The van der Waals surface area contributed by atoms with E-state index in [9.17, 15) is 0 Å². The number of nitrogens with zero attached hydrogens (tertiary/aromatic N) is 1. The van der Waals surface area contributed by atoms with E-state index in [-0.39, 0.29) is 0 Å². The molecule has 0 amide bonds. The first-order valence-electron chi connectivity index (χ1n) is 6.00. The molecule has 2 aliphatic rings. The van der Waals surface area contributed by atoms with Gasteiger partial charge in [-0.3, -0.25) is 4.90 Å². The molecule has 2 N–H and O–H groups in total. The van der Waals surface area contributed by atoms with Crippen molar-refractivity contribution in [3.8, 4) is 0 Å². The van der Waals surface area contributed by atoms with Gasteiger partial charge in [-0.2, -0.15) is 0 Å². The first-order valence-corrected chi connectivity index (χ1v) is 6.00. The van der Waals surface area contributed by atoms with E-state index in [0.717, 1.165) is 18.5 Å². The molecule has 0 aromatic rings. The van der Waals surface area contributed by atoms with Gasteiger partial charge in [-0.25, -0.2) is 0 Å². The molecule has 1 heterocycles. The molecule has 14 heavy (non-hydrogen) atoms. The van der Waals surface area contributed by atoms with Gasteiger partial charge in [0.25, 0.3) is 0 Å². The average molecular weight is 196 g/mol. The molecule has 0 spiro atoms. The topological polar surface area (TPSA) is 29.3 Å². The summed E-state index contributed by atoms with van der Waals surface area (Å²) in [6, 6.07) is 1.21. The zero-order chi connectivity index (χ0) is 10.3. The smallest absolute Gasteiger partial charge is 0.0194 e. The second kappa shape index (κ2) is 3.49. The zero-order valence-electron chi connectivity index (χ0n) is 9.79. The predicted octanol–water partition coefficient (Wildman–Crippen LogP) is 1.84. The summed E-state index contributed by atoms with van der Waals surface area (Å²) >= 11 is 0. The molecule has 0 radical (unpaired) electrons. The van der Waals surface area contributed by atoms with Crippen LogP contribution in [0.15, 0.2) is 0 Å². The van der Waals surface area contributed by atoms with Gasteiger partial charge < -0.3 is 5.73 Å². The molecule has 0 aromatic heterocycles. The van der Waals surface area contributed by atoms with Crippen molar-refractivity contribution in [3.05, 3.63) is 0 Å². The van der Waals surface area contributed by atoms with E-state index in [4.69, 9.17) is 5.73 Å². The van der Waals surface area contributed by atoms with E-state index >= 15 is 0 Å². The Bertz CT molecular complexity index is 212. The van der Waals surface area contributed by atoms with Crippen LogP contribution in [0.1, 0.15) is 40.0 Å². The predicted molar refractivity (Wildman–Crippen MR) is 60.1 cm³/mol. The summed E-state index contributed by atoms with van der Waals surface area (Å²) in [6.07, 6.45) is 4.06. The Morgan fingerprint density at radius 3 is 2.43 bits per heavy atom. The summed E-state index contributed by atoms with van der Waals surface area (Å²) in [6.45, 7) is 9.46. The number of rotatable bonds is 1. The lowest BCUT2D eigenvalue weighted by molar-refractivity contribution is -0.0217. The minimum absolute atomic E-state index is 0.403. The monoisotopic (exact) mass is 196 g/mol. The van der Waals surface area contributed by atoms with Gasteiger partial charge >= 0.3 is 0 Å². The van der Waals surface area contributed by atoms with Crippen LogP contribution in [-0.4, -0.2) is 30.1 Å². The third-order valence-electron chi connectivity index (χ3n) is 4.45. The number of likely N-dealkylation sites (tertiary alicyclic amines) is 1. The van der Waals surface area contributed by atoms with Gasteiger partial charge in [0, 0.05) is 18.6 Å². The highest BCUT2D eigenvalue weighted by Crippen LogP contribution is 2.44. The molecular formula is C12H24N2. The number of hydrogen-bond acceptors (Lipinski definition) is 2. The Morgan fingerprint density at radius 2 is 2.00 bits per heavy atom. The third kappa shape index (κ3) is 1.70. The van der Waals surface area contributed by atoms with E-state index in [2.05, 4.69) is 25.7 Å². The van der Waals surface area contributed by atoms with Crippen LogP contribution in [-0.2, 0) is 0 Å². The lowest BCUT2D eigenvalue weighted by Gasteiger charge is -2.53. The highest BCUT2D eigenvalue weighted by molar-refractivity contribution is 4.98. The summed E-state index contributed by atoms with van der Waals surface area (Å²) in [4.78, 5) is 2.63. The molecule has 3 atom stereocenters. The molecule has 1 saturated carbocycles. The molecule has 0 bridgehead atoms. The van der Waals surface area contributed by atoms with Crippen LogP contribution in [0, 0.1) is 11.3 Å². The van der Waals surface area contributed by atoms with Gasteiger partial charge in [0.1, 0.15) is 0 Å². The summed E-state index contributed by atoms with van der Waals surface area (Å²) in [5.41, 5.74) is 6.67. The molecular weight excluding hydrogens is 172 g/mol. The summed E-state index contributed by atoms with van der Waals surface area (Å²) in [5, 5.41) is 0. The lowest BCUT2D eigenvalue weighted by atomic mass is 9.66. The van der Waals surface area contributed by atoms with Crippen LogP contribution < -0.4 is 5.73 Å². The fourth-order valence-corrected chi connectivity index (χ4v) is 2.94. The van der Waals surface area contributed by atoms with Crippen molar-refractivity contribution in [2.24, 2.45) is 17.1 Å². The average Bonchev–Trinajstić information content (AvgIpc) is 2.10. The van der Waals surface area contributed by atoms with Crippen molar-refractivity contribution in [2.45, 2.75) is 52.1 Å². The highest BCUT2D eigenvalue weighted by atomic mass is 15.2. The van der Waals surface area contributed by atoms with Crippen molar-refractivity contribution in [1.29, 1.82) is 0 Å². The third-order valence-corrected chi connectivity index (χ3v) is 4.45. The SMILES string of the molecule is CC1CCN(C2CCC2(C)C)CC1N. The standard InChI is InChI=1S/C12H24N2/c1-9-5-7-14(8-10(9)13)11-4-6-12(11,2)3/h9-11H,4-8,13H2,1-3H3. The summed E-state index contributed by atoms with van der Waals surface area (Å²) in [7, 11) is 0. The fraction of sp³-hybridized carbons (Fsp3) is 1.00. The van der Waals surface area contributed by atoms with Crippen LogP contribution in [0.25, 0.3) is 0 Å². The Labute approximate surface area is 87.8 Å². The van der Waals surface area contributed by atoms with E-state index < -0.39 is 0 Å². The quantitative estimate of drug-likeness (QED) is 0.693. The number of hydrogen-bond donors (Lipinski definition) is 1. The Kier molecular flexibility index (Phi) is 2.61. The highest BCUT2D eigenvalue weighted by Gasteiger charge is 2.43. The first kappa shape index (κ1) is 10.4. The van der Waals surface area contributed by atoms with Crippen molar-refractivity contribution >= 4 is 0 Å². The molecule has 2 rings (SSSR count). The minimum atomic E-state index is 0.403. The Morgan fingerprint density at radius 1 is 1.29 bits per heavy atom. The molecule has 2 fully saturated rings. The molecule has 0 aromatic carbocycles. The van der Waals surface area contributed by atoms with Crippen LogP contribution in [0.5, 0.6) is 0 Å². The minimum Gasteiger partial charge on any atom is -0.326 e. The van der Waals surface area contributed by atoms with E-state index in [1.165, 1.54) is 25.8 Å². The normalized spacial score (nSPS) is 43.3. The number of piperidine rings is 1. The van der Waals surface area contributed by atoms with Gasteiger partial charge in [-0.15, -0.1) is 0 Å². The van der Waals surface area contributed by atoms with Crippen molar-refractivity contribution < 1.29 is 0 Å². The molecule has 3 unspecified atom stereocenters. The van der Waals surface area contributed by atoms with Crippen LogP contribution in [0.2, 0.25) is 0 Å². The molecule has 82 valence electrons. The maximum absolute atomic E-state index is 6.13. The number of nitrogens with two attached hydrogens (primary N) is 1. The van der Waals surface area contributed by atoms with Gasteiger partial charge in [0.2, 0.25) is 0 Å². The fourth-order valence-electron chi connectivity index (χ4n) is 2.94. The second-order valence-corrected chi connectivity index (χ2v) is 5.97. The van der Waals surface area contributed by atoms with Crippen molar-refractivity contribution in [2.75, 3.05) is 13.1 Å². The maximum atomic E-state index is 6.13. The van der Waals surface area contributed by atoms with Crippen molar-refractivity contribution in [1.82, 2.24) is 4.90 Å². The second-order valence-electron chi connectivity index (χ2n) is 5.97. The lowest BCUT2D eigenvalue weighted by Crippen LogP contribution is -2.58. The molecule has 2 heteroatoms. The van der Waals surface area contributed by atoms with Crippen LogP contribution in [0.4, 0.5) is 0 Å². The van der Waals surface area contributed by atoms with Crippen LogP contribution >= 0.6 is 0 Å². The van der Waals surface area contributed by atoms with Gasteiger partial charge in [-0.05, 0) is 37.1 Å². The van der Waals surface area contributed by atoms with Gasteiger partial charge in [0.15, 0.2) is 0 Å². The van der Waals surface area contributed by atoms with Gasteiger partial charge in [-0.1, -0.05) is 20.8 Å². The Balaban J connectivity index is 1.94. The largest absolute Gasteiger partial charge is 0.326 e. The van der Waals surface area contributed by atoms with E-state index in [1.54, 1.807) is 0 Å². The maximum Gasteiger partial charge on any atom is 0.0194 e. The molecule has 1 saturated heterocycles. The van der Waals surface area contributed by atoms with Gasteiger partial charge in [0.05, 0.1) is 0 Å². The molecule has 1 aliphatic carbocycles. The summed E-state index contributed by atoms with van der Waals surface area (Å²) < 4.78 is 0. The van der Waals surface area contributed by atoms with Crippen molar-refractivity contribution in [3.63, 3.8) is 0 Å². The van der Waals surface area contributed by atoms with E-state index in [0.29, 0.717) is 11.5 Å². The first-order chi connectivity index (χ1) is 6.50. The molecule has 2 nitrogen and oxygen atoms in total. The van der Waals surface area contributed by atoms with Crippen LogP contribution in [0.3, 0.4) is 0 Å². The molecule has 1 aliphatic heterocycles.